The Morgan fingerprint density at radius 1 is 1.12 bits per heavy atom. The lowest BCUT2D eigenvalue weighted by Crippen LogP contribution is -2.48. The zero-order valence-corrected chi connectivity index (χ0v) is 20.7. The molecule has 2 N–H and O–H groups in total. The SMILES string of the molecule is CCCCC(NCC(CC(C)C)NC(=O)c1c(F)ccc(F)c1F)C(=O)CSCc1ccco1. The summed E-state index contributed by atoms with van der Waals surface area (Å²) in [5.74, 6) is -3.04. The molecule has 0 spiro atoms. The van der Waals surface area contributed by atoms with Crippen LogP contribution < -0.4 is 10.6 Å². The number of rotatable bonds is 15. The van der Waals surface area contributed by atoms with Gasteiger partial charge in [-0.1, -0.05) is 33.6 Å². The molecule has 0 aliphatic carbocycles. The number of hydrogen-bond donors (Lipinski definition) is 2. The van der Waals surface area contributed by atoms with E-state index in [-0.39, 0.29) is 18.2 Å². The maximum absolute atomic E-state index is 14.1. The van der Waals surface area contributed by atoms with Gasteiger partial charge in [-0.3, -0.25) is 9.59 Å². The highest BCUT2D eigenvalue weighted by Crippen LogP contribution is 2.17. The average molecular weight is 499 g/mol. The number of furan rings is 1. The molecular formula is C25H33F3N2O3S. The molecule has 0 aliphatic rings. The van der Waals surface area contributed by atoms with E-state index in [0.717, 1.165) is 24.7 Å². The molecule has 1 heterocycles. The van der Waals surface area contributed by atoms with Gasteiger partial charge in [-0.2, -0.15) is 0 Å². The van der Waals surface area contributed by atoms with Crippen LogP contribution in [0.5, 0.6) is 0 Å². The van der Waals surface area contributed by atoms with Crippen molar-refractivity contribution in [2.45, 2.75) is 64.3 Å². The van der Waals surface area contributed by atoms with Gasteiger partial charge >= 0.3 is 0 Å². The molecule has 188 valence electrons. The molecular weight excluding hydrogens is 465 g/mol. The molecule has 1 aromatic heterocycles. The van der Waals surface area contributed by atoms with Crippen LogP contribution in [0.25, 0.3) is 0 Å². The summed E-state index contributed by atoms with van der Waals surface area (Å²) in [6.07, 6.45) is 4.53. The summed E-state index contributed by atoms with van der Waals surface area (Å²) in [6.45, 7) is 6.18. The average Bonchev–Trinajstić information content (AvgIpc) is 3.29. The zero-order valence-electron chi connectivity index (χ0n) is 19.8. The predicted molar refractivity (Wildman–Crippen MR) is 128 cm³/mol. The highest BCUT2D eigenvalue weighted by atomic mass is 32.2. The Morgan fingerprint density at radius 2 is 1.85 bits per heavy atom. The van der Waals surface area contributed by atoms with Gasteiger partial charge in [0.25, 0.3) is 5.91 Å². The van der Waals surface area contributed by atoms with Crippen LogP contribution in [0, 0.1) is 23.4 Å². The Labute approximate surface area is 203 Å². The normalized spacial score (nSPS) is 13.1. The molecule has 0 saturated carbocycles. The number of carbonyl (C=O) groups is 2. The number of thioether (sulfide) groups is 1. The molecule has 0 saturated heterocycles. The first-order valence-corrected chi connectivity index (χ1v) is 12.7. The van der Waals surface area contributed by atoms with E-state index < -0.39 is 41.0 Å². The smallest absolute Gasteiger partial charge is 0.257 e. The van der Waals surface area contributed by atoms with Crippen LogP contribution in [-0.2, 0) is 10.5 Å². The molecule has 0 fully saturated rings. The Hall–Kier alpha value is -2.26. The fourth-order valence-electron chi connectivity index (χ4n) is 3.57. The number of Topliss-reactive ketones (excluding diaryl/α,β-unsaturated/α-hetero) is 1. The van der Waals surface area contributed by atoms with Gasteiger partial charge < -0.3 is 15.1 Å². The van der Waals surface area contributed by atoms with Crippen molar-refractivity contribution in [2.75, 3.05) is 12.3 Å². The van der Waals surface area contributed by atoms with Crippen molar-refractivity contribution in [3.05, 3.63) is 59.3 Å². The molecule has 34 heavy (non-hydrogen) atoms. The highest BCUT2D eigenvalue weighted by molar-refractivity contribution is 7.99. The Morgan fingerprint density at radius 3 is 2.50 bits per heavy atom. The summed E-state index contributed by atoms with van der Waals surface area (Å²) >= 11 is 1.47. The minimum Gasteiger partial charge on any atom is -0.468 e. The summed E-state index contributed by atoms with van der Waals surface area (Å²) in [4.78, 5) is 25.4. The molecule has 0 aliphatic heterocycles. The van der Waals surface area contributed by atoms with E-state index in [1.165, 1.54) is 11.8 Å². The second-order valence-electron chi connectivity index (χ2n) is 8.66. The minimum absolute atomic E-state index is 0.0434. The summed E-state index contributed by atoms with van der Waals surface area (Å²) in [5.41, 5.74) is -0.943. The van der Waals surface area contributed by atoms with Gasteiger partial charge in [-0.15, -0.1) is 11.8 Å². The number of unbranched alkanes of at least 4 members (excludes halogenated alkanes) is 1. The number of ketones is 1. The van der Waals surface area contributed by atoms with Crippen molar-refractivity contribution in [1.82, 2.24) is 10.6 Å². The molecule has 1 aromatic carbocycles. The molecule has 9 heteroatoms. The van der Waals surface area contributed by atoms with E-state index in [2.05, 4.69) is 10.6 Å². The van der Waals surface area contributed by atoms with E-state index in [9.17, 15) is 22.8 Å². The minimum atomic E-state index is -1.52. The maximum atomic E-state index is 14.1. The van der Waals surface area contributed by atoms with Crippen LogP contribution in [0.2, 0.25) is 0 Å². The standard InChI is InChI=1S/C25H33F3N2O3S/c1-4-5-8-21(22(31)15-34-14-18-7-6-11-33-18)29-13-17(12-16(2)3)30-25(32)23-19(26)9-10-20(27)24(23)28/h6-7,9-11,16-17,21,29H,4-5,8,12-15H2,1-3H3,(H,30,32). The largest absolute Gasteiger partial charge is 0.468 e. The molecule has 2 aromatic rings. The number of carbonyl (C=O) groups excluding carboxylic acids is 2. The molecule has 5 nitrogen and oxygen atoms in total. The van der Waals surface area contributed by atoms with Crippen LogP contribution in [-0.4, -0.2) is 36.1 Å². The monoisotopic (exact) mass is 498 g/mol. The third-order valence-corrected chi connectivity index (χ3v) is 6.25. The van der Waals surface area contributed by atoms with Gasteiger partial charge in [-0.05, 0) is 43.0 Å². The molecule has 0 bridgehead atoms. The number of hydrogen-bond acceptors (Lipinski definition) is 5. The van der Waals surface area contributed by atoms with Gasteiger partial charge in [-0.25, -0.2) is 13.2 Å². The van der Waals surface area contributed by atoms with E-state index in [0.29, 0.717) is 30.4 Å². The zero-order chi connectivity index (χ0) is 25.1. The highest BCUT2D eigenvalue weighted by Gasteiger charge is 2.25. The van der Waals surface area contributed by atoms with Crippen molar-refractivity contribution >= 4 is 23.5 Å². The Bertz CT molecular complexity index is 922. The summed E-state index contributed by atoms with van der Waals surface area (Å²) in [6, 6.07) is 4.12. The summed E-state index contributed by atoms with van der Waals surface area (Å²) < 4.78 is 46.9. The number of amides is 1. The van der Waals surface area contributed by atoms with Gasteiger partial charge in [0.15, 0.2) is 17.4 Å². The van der Waals surface area contributed by atoms with Crippen molar-refractivity contribution < 1.29 is 27.2 Å². The number of nitrogens with one attached hydrogen (secondary N) is 2. The van der Waals surface area contributed by atoms with E-state index in [4.69, 9.17) is 4.42 Å². The summed E-state index contributed by atoms with van der Waals surface area (Å²) in [5, 5.41) is 5.85. The van der Waals surface area contributed by atoms with E-state index >= 15 is 0 Å². The maximum Gasteiger partial charge on any atom is 0.257 e. The van der Waals surface area contributed by atoms with Crippen LogP contribution in [0.1, 0.15) is 62.6 Å². The lowest BCUT2D eigenvalue weighted by atomic mass is 10.0. The van der Waals surface area contributed by atoms with Crippen LogP contribution >= 0.6 is 11.8 Å². The first-order chi connectivity index (χ1) is 16.2. The van der Waals surface area contributed by atoms with Gasteiger partial charge in [0.1, 0.15) is 17.1 Å². The van der Waals surface area contributed by atoms with Crippen LogP contribution in [0.15, 0.2) is 34.9 Å². The molecule has 0 radical (unpaired) electrons. The van der Waals surface area contributed by atoms with Crippen molar-refractivity contribution in [3.8, 4) is 0 Å². The third kappa shape index (κ3) is 8.83. The van der Waals surface area contributed by atoms with E-state index in [1.54, 1.807) is 12.3 Å². The number of benzene rings is 1. The molecule has 2 atom stereocenters. The van der Waals surface area contributed by atoms with Gasteiger partial charge in [0.2, 0.25) is 0 Å². The second-order valence-corrected chi connectivity index (χ2v) is 9.65. The second kappa shape index (κ2) is 14.2. The van der Waals surface area contributed by atoms with Crippen molar-refractivity contribution in [2.24, 2.45) is 5.92 Å². The third-order valence-electron chi connectivity index (χ3n) is 5.28. The Balaban J connectivity index is 2.01. The van der Waals surface area contributed by atoms with Gasteiger partial charge in [0.05, 0.1) is 23.8 Å². The van der Waals surface area contributed by atoms with Crippen molar-refractivity contribution in [3.63, 3.8) is 0 Å². The van der Waals surface area contributed by atoms with Crippen LogP contribution in [0.4, 0.5) is 13.2 Å². The van der Waals surface area contributed by atoms with Gasteiger partial charge in [0, 0.05) is 12.6 Å². The quantitative estimate of drug-likeness (QED) is 0.318. The van der Waals surface area contributed by atoms with Crippen molar-refractivity contribution in [1.29, 1.82) is 0 Å². The number of halogens is 3. The topological polar surface area (TPSA) is 71.3 Å². The Kier molecular flexibility index (Phi) is 11.7. The predicted octanol–water partition coefficient (Wildman–Crippen LogP) is 5.49. The lowest BCUT2D eigenvalue weighted by Gasteiger charge is -2.25. The lowest BCUT2D eigenvalue weighted by molar-refractivity contribution is -0.118. The molecule has 1 amide bonds. The van der Waals surface area contributed by atoms with Crippen LogP contribution in [0.3, 0.4) is 0 Å². The first-order valence-electron chi connectivity index (χ1n) is 11.5. The fraction of sp³-hybridized carbons (Fsp3) is 0.520. The first kappa shape index (κ1) is 28.0. The molecule has 2 rings (SSSR count). The van der Waals surface area contributed by atoms with E-state index in [1.807, 2.05) is 26.8 Å². The summed E-state index contributed by atoms with van der Waals surface area (Å²) in [7, 11) is 0. The fourth-order valence-corrected chi connectivity index (χ4v) is 4.44. The molecule has 2 unspecified atom stereocenters.